The number of benzene rings is 1. The molecule has 0 saturated carbocycles. The van der Waals surface area contributed by atoms with Crippen LogP contribution < -0.4 is 4.74 Å². The van der Waals surface area contributed by atoms with Gasteiger partial charge in [0.05, 0.1) is 6.61 Å². The lowest BCUT2D eigenvalue weighted by Gasteiger charge is -2.13. The number of ether oxygens (including phenoxy) is 1. The van der Waals surface area contributed by atoms with E-state index in [1.165, 1.54) is 3.57 Å². The minimum absolute atomic E-state index is 0.552. The highest BCUT2D eigenvalue weighted by Gasteiger charge is 2.04. The van der Waals surface area contributed by atoms with Crippen LogP contribution in [0, 0.1) is 9.49 Å². The van der Waals surface area contributed by atoms with E-state index in [1.807, 2.05) is 18.2 Å². The zero-order valence-electron chi connectivity index (χ0n) is 8.24. The summed E-state index contributed by atoms with van der Waals surface area (Å²) in [6, 6.07) is 8.11. The van der Waals surface area contributed by atoms with Crippen molar-refractivity contribution < 1.29 is 4.74 Å². The lowest BCUT2D eigenvalue weighted by atomic mass is 10.1. The van der Waals surface area contributed by atoms with Gasteiger partial charge in [-0.1, -0.05) is 13.0 Å². The molecule has 3 heteroatoms. The van der Waals surface area contributed by atoms with Crippen molar-refractivity contribution in [2.24, 2.45) is 5.92 Å². The van der Waals surface area contributed by atoms with Gasteiger partial charge in [-0.3, -0.25) is 0 Å². The maximum absolute atomic E-state index is 5.68. The fourth-order valence-electron chi connectivity index (χ4n) is 1.07. The lowest BCUT2D eigenvalue weighted by molar-refractivity contribution is 0.259. The number of thiol groups is 1. The summed E-state index contributed by atoms with van der Waals surface area (Å²) in [7, 11) is 0. The van der Waals surface area contributed by atoms with Crippen LogP contribution >= 0.6 is 35.2 Å². The highest BCUT2D eigenvalue weighted by atomic mass is 127. The summed E-state index contributed by atoms with van der Waals surface area (Å²) in [5.41, 5.74) is 0. The van der Waals surface area contributed by atoms with Crippen molar-refractivity contribution in [1.82, 2.24) is 0 Å². The molecule has 0 spiro atoms. The highest BCUT2D eigenvalue weighted by Crippen LogP contribution is 2.16. The van der Waals surface area contributed by atoms with Crippen molar-refractivity contribution in [3.63, 3.8) is 0 Å². The second kappa shape index (κ2) is 6.56. The van der Waals surface area contributed by atoms with Gasteiger partial charge in [0.25, 0.3) is 0 Å². The molecular weight excluding hydrogens is 307 g/mol. The van der Waals surface area contributed by atoms with Crippen molar-refractivity contribution in [1.29, 1.82) is 0 Å². The first-order valence-corrected chi connectivity index (χ1v) is 6.46. The molecule has 0 amide bonds. The Labute approximate surface area is 105 Å². The average Bonchev–Trinajstić information content (AvgIpc) is 2.19. The molecule has 1 rings (SSSR count). The SMILES string of the molecule is CCC(CS)COc1cccc(I)c1. The van der Waals surface area contributed by atoms with E-state index in [-0.39, 0.29) is 0 Å². The summed E-state index contributed by atoms with van der Waals surface area (Å²) < 4.78 is 6.88. The maximum atomic E-state index is 5.68. The Bertz CT molecular complexity index is 274. The molecule has 0 saturated heterocycles. The number of halogens is 1. The monoisotopic (exact) mass is 322 g/mol. The van der Waals surface area contributed by atoms with Crippen molar-refractivity contribution in [3.05, 3.63) is 27.8 Å². The maximum Gasteiger partial charge on any atom is 0.120 e. The third kappa shape index (κ3) is 4.09. The number of rotatable bonds is 5. The van der Waals surface area contributed by atoms with Gasteiger partial charge in [0.1, 0.15) is 5.75 Å². The van der Waals surface area contributed by atoms with Crippen LogP contribution in [-0.4, -0.2) is 12.4 Å². The van der Waals surface area contributed by atoms with Gasteiger partial charge in [0, 0.05) is 9.49 Å². The van der Waals surface area contributed by atoms with E-state index in [1.54, 1.807) is 0 Å². The van der Waals surface area contributed by atoms with Crippen LogP contribution in [0.5, 0.6) is 5.75 Å². The normalized spacial score (nSPS) is 12.5. The molecule has 1 nitrogen and oxygen atoms in total. The molecule has 0 N–H and O–H groups in total. The van der Waals surface area contributed by atoms with Gasteiger partial charge in [-0.25, -0.2) is 0 Å². The molecule has 0 aliphatic carbocycles. The first-order valence-electron chi connectivity index (χ1n) is 4.75. The molecule has 0 aromatic heterocycles. The van der Waals surface area contributed by atoms with E-state index < -0.39 is 0 Å². The Morgan fingerprint density at radius 1 is 1.50 bits per heavy atom. The Balaban J connectivity index is 2.44. The van der Waals surface area contributed by atoms with E-state index in [0.29, 0.717) is 5.92 Å². The molecule has 1 aromatic carbocycles. The zero-order chi connectivity index (χ0) is 10.4. The van der Waals surface area contributed by atoms with Crippen LogP contribution in [0.1, 0.15) is 13.3 Å². The van der Waals surface area contributed by atoms with Crippen LogP contribution in [-0.2, 0) is 0 Å². The van der Waals surface area contributed by atoms with Crippen molar-refractivity contribution in [2.75, 3.05) is 12.4 Å². The van der Waals surface area contributed by atoms with Crippen LogP contribution in [0.3, 0.4) is 0 Å². The van der Waals surface area contributed by atoms with Crippen molar-refractivity contribution in [2.45, 2.75) is 13.3 Å². The summed E-state index contributed by atoms with van der Waals surface area (Å²) in [4.78, 5) is 0. The van der Waals surface area contributed by atoms with Gasteiger partial charge in [-0.05, 0) is 53.0 Å². The first-order chi connectivity index (χ1) is 6.76. The Morgan fingerprint density at radius 2 is 2.29 bits per heavy atom. The smallest absolute Gasteiger partial charge is 0.120 e. The van der Waals surface area contributed by atoms with Crippen LogP contribution in [0.25, 0.3) is 0 Å². The molecule has 1 aromatic rings. The lowest BCUT2D eigenvalue weighted by Crippen LogP contribution is -2.12. The quantitative estimate of drug-likeness (QED) is 0.643. The zero-order valence-corrected chi connectivity index (χ0v) is 11.3. The van der Waals surface area contributed by atoms with Gasteiger partial charge < -0.3 is 4.74 Å². The predicted octanol–water partition coefficient (Wildman–Crippen LogP) is 3.63. The molecule has 0 radical (unpaired) electrons. The van der Waals surface area contributed by atoms with Crippen LogP contribution in [0.2, 0.25) is 0 Å². The third-order valence-electron chi connectivity index (χ3n) is 2.12. The fourth-order valence-corrected chi connectivity index (χ4v) is 1.95. The van der Waals surface area contributed by atoms with E-state index in [9.17, 15) is 0 Å². The second-order valence-electron chi connectivity index (χ2n) is 3.23. The summed E-state index contributed by atoms with van der Waals surface area (Å²) in [6.07, 6.45) is 1.12. The predicted molar refractivity (Wildman–Crippen MR) is 72.3 cm³/mol. The van der Waals surface area contributed by atoms with Gasteiger partial charge in [-0.15, -0.1) is 0 Å². The second-order valence-corrected chi connectivity index (χ2v) is 4.84. The van der Waals surface area contributed by atoms with Gasteiger partial charge in [0.2, 0.25) is 0 Å². The third-order valence-corrected chi connectivity index (χ3v) is 3.30. The van der Waals surface area contributed by atoms with Crippen molar-refractivity contribution in [3.8, 4) is 5.75 Å². The molecule has 0 bridgehead atoms. The molecule has 0 aliphatic heterocycles. The Hall–Kier alpha value is 0.100. The Morgan fingerprint density at radius 3 is 2.86 bits per heavy atom. The summed E-state index contributed by atoms with van der Waals surface area (Å²) >= 11 is 6.57. The van der Waals surface area contributed by atoms with Crippen LogP contribution in [0.15, 0.2) is 24.3 Å². The van der Waals surface area contributed by atoms with E-state index in [2.05, 4.69) is 48.2 Å². The Kier molecular flexibility index (Phi) is 5.70. The van der Waals surface area contributed by atoms with Crippen molar-refractivity contribution >= 4 is 35.2 Å². The van der Waals surface area contributed by atoms with Gasteiger partial charge in [0.15, 0.2) is 0 Å². The first kappa shape index (κ1) is 12.2. The highest BCUT2D eigenvalue weighted by molar-refractivity contribution is 14.1. The molecule has 0 aliphatic rings. The van der Waals surface area contributed by atoms with Crippen LogP contribution in [0.4, 0.5) is 0 Å². The average molecular weight is 322 g/mol. The van der Waals surface area contributed by atoms with E-state index in [4.69, 9.17) is 4.74 Å². The number of hydrogen-bond donors (Lipinski definition) is 1. The van der Waals surface area contributed by atoms with E-state index in [0.717, 1.165) is 24.5 Å². The molecular formula is C11H15IOS. The molecule has 0 fully saturated rings. The molecule has 14 heavy (non-hydrogen) atoms. The molecule has 0 heterocycles. The summed E-state index contributed by atoms with van der Waals surface area (Å²) in [5.74, 6) is 2.40. The largest absolute Gasteiger partial charge is 0.493 e. The van der Waals surface area contributed by atoms with E-state index >= 15 is 0 Å². The molecule has 1 unspecified atom stereocenters. The molecule has 78 valence electrons. The summed E-state index contributed by atoms with van der Waals surface area (Å²) in [5, 5.41) is 0. The minimum Gasteiger partial charge on any atom is -0.493 e. The topological polar surface area (TPSA) is 9.23 Å². The minimum atomic E-state index is 0.552. The number of hydrogen-bond acceptors (Lipinski definition) is 2. The summed E-state index contributed by atoms with van der Waals surface area (Å²) in [6.45, 7) is 2.93. The van der Waals surface area contributed by atoms with Gasteiger partial charge in [-0.2, -0.15) is 12.6 Å². The van der Waals surface area contributed by atoms with Gasteiger partial charge >= 0.3 is 0 Å². The fraction of sp³-hybridized carbons (Fsp3) is 0.455. The standard InChI is InChI=1S/C11H15IOS/c1-2-9(8-14)7-13-11-5-3-4-10(12)6-11/h3-6,9,14H,2,7-8H2,1H3. The molecule has 1 atom stereocenters.